The number of benzene rings is 2. The van der Waals surface area contributed by atoms with Gasteiger partial charge in [0.15, 0.2) is 0 Å². The number of halogens is 1. The molecule has 0 saturated carbocycles. The summed E-state index contributed by atoms with van der Waals surface area (Å²) < 4.78 is 3.37. The molecule has 0 unspecified atom stereocenters. The molecular formula is C24H27BrN2. The van der Waals surface area contributed by atoms with Gasteiger partial charge in [0, 0.05) is 33.3 Å². The van der Waals surface area contributed by atoms with Gasteiger partial charge in [0.1, 0.15) is 0 Å². The van der Waals surface area contributed by atoms with E-state index < -0.39 is 0 Å². The van der Waals surface area contributed by atoms with Crippen molar-refractivity contribution in [2.75, 3.05) is 0 Å². The Morgan fingerprint density at radius 2 is 1.59 bits per heavy atom. The van der Waals surface area contributed by atoms with Crippen molar-refractivity contribution in [3.8, 4) is 5.69 Å². The molecule has 3 heteroatoms. The standard InChI is InChI=1S/C24H27BrN2/c1-16-13-21(25)9-12-23(16)26-15-19-14-17(2)27(18(19)3)22-10-7-20(8-11-22)24(4,5)6/h7-15H,1-6H3. The molecule has 0 spiro atoms. The molecule has 2 nitrogen and oxygen atoms in total. The van der Waals surface area contributed by atoms with Gasteiger partial charge in [0.2, 0.25) is 0 Å². The average Bonchev–Trinajstić information content (AvgIpc) is 2.87. The van der Waals surface area contributed by atoms with Crippen molar-refractivity contribution in [1.82, 2.24) is 4.57 Å². The first-order valence-corrected chi connectivity index (χ1v) is 10.1. The number of hydrogen-bond donors (Lipinski definition) is 0. The summed E-state index contributed by atoms with van der Waals surface area (Å²) >= 11 is 3.50. The van der Waals surface area contributed by atoms with E-state index in [1.807, 2.05) is 18.3 Å². The SMILES string of the molecule is Cc1cc(Br)ccc1N=Cc1cc(C)n(-c2ccc(C(C)(C)C)cc2)c1C. The number of nitrogens with zero attached hydrogens (tertiary/aromatic N) is 2. The Labute approximate surface area is 171 Å². The van der Waals surface area contributed by atoms with Crippen LogP contribution in [0, 0.1) is 20.8 Å². The monoisotopic (exact) mass is 422 g/mol. The van der Waals surface area contributed by atoms with Gasteiger partial charge < -0.3 is 4.57 Å². The first kappa shape index (κ1) is 19.6. The smallest absolute Gasteiger partial charge is 0.0659 e. The van der Waals surface area contributed by atoms with E-state index in [2.05, 4.69) is 98.4 Å². The summed E-state index contributed by atoms with van der Waals surface area (Å²) in [5.41, 5.74) is 8.43. The van der Waals surface area contributed by atoms with Crippen LogP contribution in [-0.4, -0.2) is 10.8 Å². The van der Waals surface area contributed by atoms with Crippen molar-refractivity contribution >= 4 is 27.8 Å². The third kappa shape index (κ3) is 4.24. The highest BCUT2D eigenvalue weighted by molar-refractivity contribution is 9.10. The summed E-state index contributed by atoms with van der Waals surface area (Å²) in [5.74, 6) is 0. The lowest BCUT2D eigenvalue weighted by molar-refractivity contribution is 0.590. The minimum Gasteiger partial charge on any atom is -0.318 e. The fourth-order valence-electron chi connectivity index (χ4n) is 3.33. The number of aliphatic imine (C=N–C) groups is 1. The Morgan fingerprint density at radius 1 is 0.926 bits per heavy atom. The molecule has 0 radical (unpaired) electrons. The molecule has 0 amide bonds. The number of aromatic nitrogens is 1. The van der Waals surface area contributed by atoms with Crippen LogP contribution in [-0.2, 0) is 5.41 Å². The number of aryl methyl sites for hydroxylation is 2. The molecule has 3 aromatic rings. The summed E-state index contributed by atoms with van der Waals surface area (Å²) in [6.45, 7) is 13.1. The maximum absolute atomic E-state index is 4.71. The Hall–Kier alpha value is -2.13. The summed E-state index contributed by atoms with van der Waals surface area (Å²) in [6, 6.07) is 17.2. The van der Waals surface area contributed by atoms with Gasteiger partial charge in [-0.15, -0.1) is 0 Å². The Kier molecular flexibility index (Phi) is 5.43. The first-order chi connectivity index (χ1) is 12.7. The van der Waals surface area contributed by atoms with Crippen molar-refractivity contribution in [2.45, 2.75) is 47.0 Å². The molecule has 0 N–H and O–H groups in total. The minimum absolute atomic E-state index is 0.166. The van der Waals surface area contributed by atoms with Crippen molar-refractivity contribution in [3.05, 3.63) is 81.1 Å². The third-order valence-electron chi connectivity index (χ3n) is 4.96. The number of hydrogen-bond acceptors (Lipinski definition) is 1. The Balaban J connectivity index is 1.94. The topological polar surface area (TPSA) is 17.3 Å². The lowest BCUT2D eigenvalue weighted by atomic mass is 9.87. The van der Waals surface area contributed by atoms with Gasteiger partial charge in [0.05, 0.1) is 5.69 Å². The minimum atomic E-state index is 0.166. The van der Waals surface area contributed by atoms with Crippen LogP contribution >= 0.6 is 15.9 Å². The van der Waals surface area contributed by atoms with Crippen molar-refractivity contribution < 1.29 is 0 Å². The molecule has 140 valence electrons. The second-order valence-corrected chi connectivity index (χ2v) is 9.06. The summed E-state index contributed by atoms with van der Waals surface area (Å²) in [5, 5.41) is 0. The van der Waals surface area contributed by atoms with Gasteiger partial charge in [-0.1, -0.05) is 48.8 Å². The molecule has 0 fully saturated rings. The fourth-order valence-corrected chi connectivity index (χ4v) is 3.80. The van der Waals surface area contributed by atoms with Gasteiger partial charge >= 0.3 is 0 Å². The van der Waals surface area contributed by atoms with Crippen molar-refractivity contribution in [1.29, 1.82) is 0 Å². The molecule has 1 heterocycles. The van der Waals surface area contributed by atoms with Crippen LogP contribution in [0.2, 0.25) is 0 Å². The maximum Gasteiger partial charge on any atom is 0.0659 e. The van der Waals surface area contributed by atoms with Crippen LogP contribution in [0.4, 0.5) is 5.69 Å². The van der Waals surface area contributed by atoms with Crippen LogP contribution in [0.3, 0.4) is 0 Å². The van der Waals surface area contributed by atoms with E-state index in [1.165, 1.54) is 22.6 Å². The van der Waals surface area contributed by atoms with Crippen LogP contribution < -0.4 is 0 Å². The molecule has 27 heavy (non-hydrogen) atoms. The lowest BCUT2D eigenvalue weighted by Crippen LogP contribution is -2.11. The van der Waals surface area contributed by atoms with Crippen LogP contribution in [0.5, 0.6) is 0 Å². The van der Waals surface area contributed by atoms with Gasteiger partial charge in [-0.05, 0) is 73.7 Å². The predicted octanol–water partition coefficient (Wildman–Crippen LogP) is 7.21. The largest absolute Gasteiger partial charge is 0.318 e. The molecule has 0 saturated heterocycles. The predicted molar refractivity (Wildman–Crippen MR) is 120 cm³/mol. The summed E-state index contributed by atoms with van der Waals surface area (Å²) in [6.07, 6.45) is 1.97. The second-order valence-electron chi connectivity index (χ2n) is 8.15. The molecule has 2 aromatic carbocycles. The van der Waals surface area contributed by atoms with Crippen LogP contribution in [0.25, 0.3) is 5.69 Å². The maximum atomic E-state index is 4.71. The zero-order valence-electron chi connectivity index (χ0n) is 17.0. The molecule has 0 aliphatic heterocycles. The highest BCUT2D eigenvalue weighted by Crippen LogP contribution is 2.26. The van der Waals surface area contributed by atoms with E-state index in [9.17, 15) is 0 Å². The second kappa shape index (κ2) is 7.47. The normalized spacial score (nSPS) is 12.1. The van der Waals surface area contributed by atoms with Crippen LogP contribution in [0.1, 0.15) is 48.8 Å². The fraction of sp³-hybridized carbons (Fsp3) is 0.292. The highest BCUT2D eigenvalue weighted by atomic mass is 79.9. The molecule has 0 atom stereocenters. The summed E-state index contributed by atoms with van der Waals surface area (Å²) in [7, 11) is 0. The number of rotatable bonds is 3. The van der Waals surface area contributed by atoms with E-state index in [0.29, 0.717) is 0 Å². The zero-order valence-corrected chi connectivity index (χ0v) is 18.6. The molecule has 0 aliphatic rings. The van der Waals surface area contributed by atoms with E-state index in [-0.39, 0.29) is 5.41 Å². The van der Waals surface area contributed by atoms with Gasteiger partial charge in [0.25, 0.3) is 0 Å². The van der Waals surface area contributed by atoms with E-state index in [4.69, 9.17) is 4.99 Å². The molecule has 0 bridgehead atoms. The third-order valence-corrected chi connectivity index (χ3v) is 5.46. The van der Waals surface area contributed by atoms with Gasteiger partial charge in [-0.2, -0.15) is 0 Å². The van der Waals surface area contributed by atoms with Crippen molar-refractivity contribution in [2.24, 2.45) is 4.99 Å². The lowest BCUT2D eigenvalue weighted by Gasteiger charge is -2.20. The molecule has 3 rings (SSSR count). The average molecular weight is 423 g/mol. The Bertz CT molecular complexity index is 986. The summed E-state index contributed by atoms with van der Waals surface area (Å²) in [4.78, 5) is 4.71. The van der Waals surface area contributed by atoms with Crippen LogP contribution in [0.15, 0.2) is 58.0 Å². The molecule has 0 aliphatic carbocycles. The molecule has 1 aromatic heterocycles. The van der Waals surface area contributed by atoms with Gasteiger partial charge in [-0.25, -0.2) is 0 Å². The van der Waals surface area contributed by atoms with Gasteiger partial charge in [-0.3, -0.25) is 4.99 Å². The Morgan fingerprint density at radius 3 is 2.19 bits per heavy atom. The molecular weight excluding hydrogens is 396 g/mol. The van der Waals surface area contributed by atoms with E-state index >= 15 is 0 Å². The quantitative estimate of drug-likeness (QED) is 0.396. The van der Waals surface area contributed by atoms with E-state index in [0.717, 1.165) is 21.3 Å². The van der Waals surface area contributed by atoms with Crippen molar-refractivity contribution in [3.63, 3.8) is 0 Å². The van der Waals surface area contributed by atoms with E-state index in [1.54, 1.807) is 0 Å². The first-order valence-electron chi connectivity index (χ1n) is 9.27. The zero-order chi connectivity index (χ0) is 19.8. The highest BCUT2D eigenvalue weighted by Gasteiger charge is 2.14.